The number of allylic oxidation sites excluding steroid dienone is 1. The van der Waals surface area contributed by atoms with E-state index in [9.17, 15) is 5.11 Å². The van der Waals surface area contributed by atoms with Crippen molar-refractivity contribution >= 4 is 0 Å². The third-order valence-electron chi connectivity index (χ3n) is 5.93. The molecule has 6 atom stereocenters. The molecule has 1 heteroatoms. The Morgan fingerprint density at radius 3 is 2.69 bits per heavy atom. The highest BCUT2D eigenvalue weighted by atomic mass is 16.3. The molecule has 0 aliphatic heterocycles. The maximum absolute atomic E-state index is 10.3. The SMILES string of the molecule is CC1=C[C@H](O)[C@H]2C3C1C2(C)CC[C@H]3C(C)C. The van der Waals surface area contributed by atoms with Gasteiger partial charge in [-0.25, -0.2) is 0 Å². The maximum Gasteiger partial charge on any atom is 0.0760 e. The summed E-state index contributed by atoms with van der Waals surface area (Å²) in [6.07, 6.45) is 4.66. The van der Waals surface area contributed by atoms with Gasteiger partial charge in [-0.15, -0.1) is 0 Å². The molecule has 0 aromatic heterocycles. The predicted molar refractivity (Wildman–Crippen MR) is 65.9 cm³/mol. The molecule has 4 aliphatic rings. The van der Waals surface area contributed by atoms with Gasteiger partial charge in [0.25, 0.3) is 0 Å². The lowest BCUT2D eigenvalue weighted by Crippen LogP contribution is -2.67. The molecular formula is C15H24O. The quantitative estimate of drug-likeness (QED) is 0.673. The third kappa shape index (κ3) is 1.06. The van der Waals surface area contributed by atoms with Crippen LogP contribution in [0.3, 0.4) is 0 Å². The van der Waals surface area contributed by atoms with Crippen LogP contribution in [-0.4, -0.2) is 11.2 Å². The second-order valence-electron chi connectivity index (χ2n) is 6.93. The van der Waals surface area contributed by atoms with Crippen LogP contribution in [0.4, 0.5) is 0 Å². The Kier molecular flexibility index (Phi) is 2.12. The molecule has 0 amide bonds. The smallest absolute Gasteiger partial charge is 0.0760 e. The molecule has 2 saturated carbocycles. The number of aliphatic hydroxyl groups excluding tert-OH is 1. The van der Waals surface area contributed by atoms with Gasteiger partial charge in [0.15, 0.2) is 0 Å². The van der Waals surface area contributed by atoms with E-state index in [0.29, 0.717) is 11.3 Å². The van der Waals surface area contributed by atoms with Gasteiger partial charge in [-0.05, 0) is 54.8 Å². The topological polar surface area (TPSA) is 20.2 Å². The van der Waals surface area contributed by atoms with Crippen molar-refractivity contribution in [2.75, 3.05) is 0 Å². The largest absolute Gasteiger partial charge is 0.389 e. The normalized spacial score (nSPS) is 54.6. The molecule has 1 N–H and O–H groups in total. The van der Waals surface area contributed by atoms with Gasteiger partial charge in [0, 0.05) is 0 Å². The molecule has 4 aliphatic carbocycles. The van der Waals surface area contributed by atoms with E-state index in [4.69, 9.17) is 0 Å². The molecule has 0 heterocycles. The minimum atomic E-state index is -0.165. The average Bonchev–Trinajstić information content (AvgIpc) is 2.15. The fraction of sp³-hybridized carbons (Fsp3) is 0.867. The zero-order valence-corrected chi connectivity index (χ0v) is 10.9. The zero-order valence-electron chi connectivity index (χ0n) is 10.9. The van der Waals surface area contributed by atoms with Crippen LogP contribution in [0.1, 0.15) is 40.5 Å². The summed E-state index contributed by atoms with van der Waals surface area (Å²) in [6, 6.07) is 0. The predicted octanol–water partition coefficient (Wildman–Crippen LogP) is 3.24. The molecule has 0 spiro atoms. The molecule has 4 rings (SSSR count). The van der Waals surface area contributed by atoms with Gasteiger partial charge in [-0.3, -0.25) is 0 Å². The van der Waals surface area contributed by atoms with Crippen LogP contribution >= 0.6 is 0 Å². The monoisotopic (exact) mass is 220 g/mol. The van der Waals surface area contributed by atoms with E-state index in [2.05, 4.69) is 33.8 Å². The van der Waals surface area contributed by atoms with Gasteiger partial charge in [0.05, 0.1) is 6.10 Å². The van der Waals surface area contributed by atoms with Crippen molar-refractivity contribution in [1.29, 1.82) is 0 Å². The summed E-state index contributed by atoms with van der Waals surface area (Å²) in [5.74, 6) is 3.73. The van der Waals surface area contributed by atoms with E-state index in [1.54, 1.807) is 0 Å². The van der Waals surface area contributed by atoms with Crippen LogP contribution in [0.5, 0.6) is 0 Å². The Morgan fingerprint density at radius 1 is 1.44 bits per heavy atom. The molecule has 0 aromatic carbocycles. The molecular weight excluding hydrogens is 196 g/mol. The third-order valence-corrected chi connectivity index (χ3v) is 5.93. The van der Waals surface area contributed by atoms with Crippen molar-refractivity contribution in [3.8, 4) is 0 Å². The molecule has 0 radical (unpaired) electrons. The number of fused-ring (bicyclic) bond motifs is 1. The van der Waals surface area contributed by atoms with Crippen molar-refractivity contribution < 1.29 is 5.11 Å². The lowest BCUT2D eigenvalue weighted by Gasteiger charge is -2.71. The van der Waals surface area contributed by atoms with E-state index in [1.165, 1.54) is 18.4 Å². The van der Waals surface area contributed by atoms with Crippen LogP contribution in [0.15, 0.2) is 11.6 Å². The highest BCUT2D eigenvalue weighted by Gasteiger charge is 2.67. The average molecular weight is 220 g/mol. The van der Waals surface area contributed by atoms with E-state index in [1.807, 2.05) is 0 Å². The fourth-order valence-corrected chi connectivity index (χ4v) is 5.38. The molecule has 16 heavy (non-hydrogen) atoms. The first-order chi connectivity index (χ1) is 7.47. The number of rotatable bonds is 1. The van der Waals surface area contributed by atoms with Gasteiger partial charge in [-0.2, -0.15) is 0 Å². The van der Waals surface area contributed by atoms with Gasteiger partial charge >= 0.3 is 0 Å². The molecule has 0 aromatic rings. The van der Waals surface area contributed by atoms with E-state index in [-0.39, 0.29) is 6.10 Å². The summed E-state index contributed by atoms with van der Waals surface area (Å²) < 4.78 is 0. The number of hydrogen-bond acceptors (Lipinski definition) is 1. The maximum atomic E-state index is 10.3. The summed E-state index contributed by atoms with van der Waals surface area (Å²) >= 11 is 0. The Morgan fingerprint density at radius 2 is 2.12 bits per heavy atom. The van der Waals surface area contributed by atoms with Crippen LogP contribution in [-0.2, 0) is 0 Å². The summed E-state index contributed by atoms with van der Waals surface area (Å²) in [7, 11) is 0. The second-order valence-corrected chi connectivity index (χ2v) is 6.93. The van der Waals surface area contributed by atoms with Gasteiger partial charge in [0.1, 0.15) is 0 Å². The molecule has 1 nitrogen and oxygen atoms in total. The Labute approximate surface area is 98.9 Å². The molecule has 4 bridgehead atoms. The molecule has 2 fully saturated rings. The lowest BCUT2D eigenvalue weighted by atomic mass is 9.34. The Hall–Kier alpha value is -0.300. The standard InChI is InChI=1S/C15H24O/c1-8(2)10-5-6-15(4)13-9(3)7-11(16)14(15)12(10)13/h7-8,10-14,16H,5-6H2,1-4H3/t10-,11-,12?,13?,14-,15?/m0/s1. The van der Waals surface area contributed by atoms with Crippen molar-refractivity contribution in [1.82, 2.24) is 0 Å². The van der Waals surface area contributed by atoms with Gasteiger partial charge in [-0.1, -0.05) is 32.4 Å². The minimum absolute atomic E-state index is 0.165. The van der Waals surface area contributed by atoms with E-state index in [0.717, 1.165) is 23.7 Å². The number of hydrogen-bond donors (Lipinski definition) is 1. The summed E-state index contributed by atoms with van der Waals surface area (Å²) in [5.41, 5.74) is 1.89. The molecule has 0 saturated heterocycles. The lowest BCUT2D eigenvalue weighted by molar-refractivity contribution is -0.215. The first kappa shape index (κ1) is 10.8. The van der Waals surface area contributed by atoms with Crippen molar-refractivity contribution in [2.45, 2.75) is 46.6 Å². The van der Waals surface area contributed by atoms with Gasteiger partial charge < -0.3 is 5.11 Å². The molecule has 90 valence electrons. The van der Waals surface area contributed by atoms with Crippen LogP contribution < -0.4 is 0 Å². The highest BCUT2D eigenvalue weighted by molar-refractivity contribution is 5.31. The fourth-order valence-electron chi connectivity index (χ4n) is 5.38. The Bertz CT molecular complexity index is 343. The van der Waals surface area contributed by atoms with E-state index < -0.39 is 0 Å². The van der Waals surface area contributed by atoms with E-state index >= 15 is 0 Å². The summed E-state index contributed by atoms with van der Waals surface area (Å²) in [4.78, 5) is 0. The highest BCUT2D eigenvalue weighted by Crippen LogP contribution is 2.71. The van der Waals surface area contributed by atoms with Crippen molar-refractivity contribution in [3.63, 3.8) is 0 Å². The first-order valence-corrected chi connectivity index (χ1v) is 6.83. The van der Waals surface area contributed by atoms with Crippen molar-refractivity contribution in [3.05, 3.63) is 11.6 Å². The Balaban J connectivity index is 1.99. The molecule has 3 unspecified atom stereocenters. The van der Waals surface area contributed by atoms with Crippen molar-refractivity contribution in [2.24, 2.45) is 35.0 Å². The summed E-state index contributed by atoms with van der Waals surface area (Å²) in [5, 5.41) is 10.3. The second kappa shape index (κ2) is 3.13. The first-order valence-electron chi connectivity index (χ1n) is 6.83. The van der Waals surface area contributed by atoms with Gasteiger partial charge in [0.2, 0.25) is 0 Å². The zero-order chi connectivity index (χ0) is 11.7. The van der Waals surface area contributed by atoms with Crippen LogP contribution in [0, 0.1) is 35.0 Å². The van der Waals surface area contributed by atoms with Crippen LogP contribution in [0.25, 0.3) is 0 Å². The summed E-state index contributed by atoms with van der Waals surface area (Å²) in [6.45, 7) is 9.35. The number of aliphatic hydroxyl groups is 1. The minimum Gasteiger partial charge on any atom is -0.389 e. The van der Waals surface area contributed by atoms with Crippen LogP contribution in [0.2, 0.25) is 0 Å².